The second kappa shape index (κ2) is 5.68. The Morgan fingerprint density at radius 3 is 2.81 bits per heavy atom. The summed E-state index contributed by atoms with van der Waals surface area (Å²) in [4.78, 5) is 13.3. The molecule has 0 aromatic carbocycles. The number of sulfonamides is 1. The molecule has 1 aromatic heterocycles. The van der Waals surface area contributed by atoms with E-state index in [1.54, 1.807) is 0 Å². The third-order valence-corrected chi connectivity index (χ3v) is 7.27. The Morgan fingerprint density at radius 1 is 1.29 bits per heavy atom. The molecule has 6 nitrogen and oxygen atoms in total. The van der Waals surface area contributed by atoms with Crippen LogP contribution in [0.4, 0.5) is 0 Å². The molecule has 2 saturated heterocycles. The molecule has 2 aliphatic rings. The van der Waals surface area contributed by atoms with Gasteiger partial charge in [-0.15, -0.1) is 11.3 Å². The molecule has 0 spiro atoms. The van der Waals surface area contributed by atoms with Gasteiger partial charge in [-0.1, -0.05) is 6.42 Å². The van der Waals surface area contributed by atoms with Crippen molar-refractivity contribution in [3.05, 3.63) is 17.0 Å². The number of hydrogen-bond acceptors (Lipinski definition) is 5. The van der Waals surface area contributed by atoms with Gasteiger partial charge >= 0.3 is 5.97 Å². The first-order valence-corrected chi connectivity index (χ1v) is 9.37. The fraction of sp³-hybridized carbons (Fsp3) is 0.615. The van der Waals surface area contributed by atoms with Crippen LogP contribution < -0.4 is 4.72 Å². The molecular formula is C13H18N2O4S2. The van der Waals surface area contributed by atoms with E-state index in [1.165, 1.54) is 18.6 Å². The monoisotopic (exact) mass is 330 g/mol. The van der Waals surface area contributed by atoms with Gasteiger partial charge in [0.2, 0.25) is 10.0 Å². The Balaban J connectivity index is 1.75. The second-order valence-electron chi connectivity index (χ2n) is 5.54. The van der Waals surface area contributed by atoms with E-state index in [2.05, 4.69) is 9.62 Å². The first-order chi connectivity index (χ1) is 9.97. The van der Waals surface area contributed by atoms with Crippen LogP contribution in [0.1, 0.15) is 35.4 Å². The number of carbonyl (C=O) groups is 1. The van der Waals surface area contributed by atoms with E-state index in [-0.39, 0.29) is 21.2 Å². The number of fused-ring (bicyclic) bond motifs is 1. The van der Waals surface area contributed by atoms with Gasteiger partial charge in [-0.25, -0.2) is 17.9 Å². The van der Waals surface area contributed by atoms with Crippen LogP contribution in [0, 0.1) is 0 Å². The van der Waals surface area contributed by atoms with E-state index in [4.69, 9.17) is 5.11 Å². The van der Waals surface area contributed by atoms with E-state index in [1.807, 2.05) is 0 Å². The van der Waals surface area contributed by atoms with Crippen molar-refractivity contribution in [2.75, 3.05) is 13.1 Å². The smallest absolute Gasteiger partial charge is 0.345 e. The van der Waals surface area contributed by atoms with E-state index in [0.29, 0.717) is 0 Å². The highest BCUT2D eigenvalue weighted by atomic mass is 32.2. The van der Waals surface area contributed by atoms with Crippen molar-refractivity contribution in [1.82, 2.24) is 9.62 Å². The Labute approximate surface area is 127 Å². The number of piperidine rings is 1. The maximum atomic E-state index is 12.4. The van der Waals surface area contributed by atoms with Gasteiger partial charge in [-0.2, -0.15) is 0 Å². The molecule has 0 radical (unpaired) electrons. The minimum Gasteiger partial charge on any atom is -0.477 e. The molecule has 0 aliphatic carbocycles. The minimum absolute atomic E-state index is 0.0427. The molecule has 2 atom stereocenters. The van der Waals surface area contributed by atoms with Crippen molar-refractivity contribution in [1.29, 1.82) is 0 Å². The number of hydrogen-bond donors (Lipinski definition) is 2. The highest BCUT2D eigenvalue weighted by molar-refractivity contribution is 7.91. The number of thiophene rings is 1. The Bertz CT molecular complexity index is 640. The van der Waals surface area contributed by atoms with Crippen molar-refractivity contribution in [2.45, 2.75) is 42.0 Å². The van der Waals surface area contributed by atoms with Gasteiger partial charge in [0.05, 0.1) is 0 Å². The Kier molecular flexibility index (Phi) is 4.04. The van der Waals surface area contributed by atoms with Crippen LogP contribution in [-0.4, -0.2) is 49.6 Å². The molecule has 0 amide bonds. The summed E-state index contributed by atoms with van der Waals surface area (Å²) < 4.78 is 27.6. The number of carboxylic acid groups (broad SMARTS) is 1. The average molecular weight is 330 g/mol. The van der Waals surface area contributed by atoms with Crippen LogP contribution in [0.25, 0.3) is 0 Å². The molecule has 21 heavy (non-hydrogen) atoms. The highest BCUT2D eigenvalue weighted by Crippen LogP contribution is 2.29. The van der Waals surface area contributed by atoms with Crippen molar-refractivity contribution in [3.63, 3.8) is 0 Å². The molecule has 116 valence electrons. The number of nitrogens with zero attached hydrogens (tertiary/aromatic N) is 1. The second-order valence-corrected chi connectivity index (χ2v) is 8.56. The SMILES string of the molecule is O=C(O)c1ccc(S(=O)(=O)NC2CCN3CCCCC23)s1. The van der Waals surface area contributed by atoms with Crippen LogP contribution >= 0.6 is 11.3 Å². The summed E-state index contributed by atoms with van der Waals surface area (Å²) in [6.45, 7) is 1.98. The first kappa shape index (κ1) is 15.0. The van der Waals surface area contributed by atoms with Crippen LogP contribution in [-0.2, 0) is 10.0 Å². The Hall–Kier alpha value is -0.960. The predicted octanol–water partition coefficient (Wildman–Crippen LogP) is 1.35. The lowest BCUT2D eigenvalue weighted by Gasteiger charge is -2.32. The zero-order valence-electron chi connectivity index (χ0n) is 11.5. The fourth-order valence-corrected chi connectivity index (χ4v) is 5.69. The van der Waals surface area contributed by atoms with Crippen molar-refractivity contribution >= 4 is 27.3 Å². The molecule has 2 aliphatic heterocycles. The Morgan fingerprint density at radius 2 is 2.10 bits per heavy atom. The standard InChI is InChI=1S/C13H18N2O4S2/c16-13(17)11-4-5-12(20-11)21(18,19)14-9-6-8-15-7-2-1-3-10(9)15/h4-5,9-10,14H,1-3,6-8H2,(H,16,17). The molecule has 8 heteroatoms. The summed E-state index contributed by atoms with van der Waals surface area (Å²) in [7, 11) is -3.63. The molecule has 1 aromatic rings. The summed E-state index contributed by atoms with van der Waals surface area (Å²) in [5.41, 5.74) is 0. The lowest BCUT2D eigenvalue weighted by atomic mass is 10.00. The zero-order chi connectivity index (χ0) is 15.0. The van der Waals surface area contributed by atoms with Gasteiger partial charge < -0.3 is 5.11 Å². The average Bonchev–Trinajstić information content (AvgIpc) is 3.06. The lowest BCUT2D eigenvalue weighted by molar-refractivity contribution is 0.0702. The van der Waals surface area contributed by atoms with Gasteiger partial charge in [0, 0.05) is 18.6 Å². The number of carboxylic acids is 1. The molecule has 0 bridgehead atoms. The molecule has 3 rings (SSSR count). The third kappa shape index (κ3) is 2.98. The van der Waals surface area contributed by atoms with Crippen LogP contribution in [0.15, 0.2) is 16.3 Å². The molecule has 0 saturated carbocycles. The largest absolute Gasteiger partial charge is 0.477 e. The van der Waals surface area contributed by atoms with Crippen LogP contribution in [0.2, 0.25) is 0 Å². The van der Waals surface area contributed by atoms with Gasteiger partial charge in [0.1, 0.15) is 9.09 Å². The van der Waals surface area contributed by atoms with E-state index in [0.717, 1.165) is 43.7 Å². The highest BCUT2D eigenvalue weighted by Gasteiger charge is 2.38. The van der Waals surface area contributed by atoms with E-state index >= 15 is 0 Å². The van der Waals surface area contributed by atoms with Gasteiger partial charge in [-0.05, 0) is 37.9 Å². The lowest BCUT2D eigenvalue weighted by Crippen LogP contribution is -2.46. The van der Waals surface area contributed by atoms with E-state index in [9.17, 15) is 13.2 Å². The topological polar surface area (TPSA) is 86.7 Å². The number of nitrogens with one attached hydrogen (secondary N) is 1. The number of rotatable bonds is 4. The van der Waals surface area contributed by atoms with Crippen molar-refractivity contribution < 1.29 is 18.3 Å². The quantitative estimate of drug-likeness (QED) is 0.870. The normalized spacial score (nSPS) is 26.7. The first-order valence-electron chi connectivity index (χ1n) is 7.07. The van der Waals surface area contributed by atoms with Crippen molar-refractivity contribution in [2.24, 2.45) is 0 Å². The van der Waals surface area contributed by atoms with E-state index < -0.39 is 16.0 Å². The van der Waals surface area contributed by atoms with Gasteiger partial charge in [-0.3, -0.25) is 4.90 Å². The molecule has 3 heterocycles. The van der Waals surface area contributed by atoms with Crippen LogP contribution in [0.5, 0.6) is 0 Å². The summed E-state index contributed by atoms with van der Waals surface area (Å²) in [6, 6.07) is 2.92. The summed E-state index contributed by atoms with van der Waals surface area (Å²) in [5.74, 6) is -1.10. The van der Waals surface area contributed by atoms with Crippen molar-refractivity contribution in [3.8, 4) is 0 Å². The third-order valence-electron chi connectivity index (χ3n) is 4.22. The van der Waals surface area contributed by atoms with Crippen LogP contribution in [0.3, 0.4) is 0 Å². The fourth-order valence-electron chi connectivity index (χ4n) is 3.22. The molecule has 2 N–H and O–H groups in total. The van der Waals surface area contributed by atoms with Gasteiger partial charge in [0.25, 0.3) is 0 Å². The minimum atomic E-state index is -3.63. The maximum absolute atomic E-state index is 12.4. The van der Waals surface area contributed by atoms with Gasteiger partial charge in [0.15, 0.2) is 0 Å². The molecular weight excluding hydrogens is 312 g/mol. The summed E-state index contributed by atoms with van der Waals surface area (Å²) in [5, 5.41) is 8.89. The molecule has 2 unspecified atom stereocenters. The summed E-state index contributed by atoms with van der Waals surface area (Å²) >= 11 is 0.797. The number of aromatic carboxylic acids is 1. The summed E-state index contributed by atoms with van der Waals surface area (Å²) in [6.07, 6.45) is 4.17. The maximum Gasteiger partial charge on any atom is 0.345 e. The predicted molar refractivity (Wildman–Crippen MR) is 79.2 cm³/mol. The zero-order valence-corrected chi connectivity index (χ0v) is 13.1. The molecule has 2 fully saturated rings.